The second-order valence-corrected chi connectivity index (χ2v) is 11.9. The molecule has 3 aromatic rings. The van der Waals surface area contributed by atoms with Crippen LogP contribution in [-0.2, 0) is 32.6 Å². The quantitative estimate of drug-likeness (QED) is 0.347. The second-order valence-electron chi connectivity index (χ2n) is 8.29. The molecule has 0 aliphatic rings. The average molecular weight is 627 g/mol. The van der Waals surface area contributed by atoms with Gasteiger partial charge in [0.1, 0.15) is 12.6 Å². The molecule has 0 aliphatic carbocycles. The lowest BCUT2D eigenvalue weighted by molar-refractivity contribution is -0.139. The summed E-state index contributed by atoms with van der Waals surface area (Å²) >= 11 is 16.2. The molecule has 196 valence electrons. The topological polar surface area (TPSA) is 86.8 Å². The van der Waals surface area contributed by atoms with Gasteiger partial charge in [-0.15, -0.1) is 0 Å². The first-order valence-electron chi connectivity index (χ1n) is 11.2. The molecular formula is C26H26BrCl2N3O4S. The molecule has 1 N–H and O–H groups in total. The summed E-state index contributed by atoms with van der Waals surface area (Å²) in [7, 11) is -2.37. The smallest absolute Gasteiger partial charge is 0.244 e. The molecule has 3 aromatic carbocycles. The molecule has 2 amide bonds. The van der Waals surface area contributed by atoms with Crippen LogP contribution in [0.15, 0.2) is 77.3 Å². The molecule has 11 heteroatoms. The molecule has 0 spiro atoms. The van der Waals surface area contributed by atoms with Gasteiger partial charge in [0.15, 0.2) is 0 Å². The third kappa shape index (κ3) is 7.70. The number of carbonyl (C=O) groups excluding carboxylic acids is 2. The molecular weight excluding hydrogens is 601 g/mol. The van der Waals surface area contributed by atoms with Crippen molar-refractivity contribution >= 4 is 66.7 Å². The monoisotopic (exact) mass is 625 g/mol. The predicted octanol–water partition coefficient (Wildman–Crippen LogP) is 4.91. The van der Waals surface area contributed by atoms with Crippen LogP contribution in [0.5, 0.6) is 0 Å². The largest absolute Gasteiger partial charge is 0.357 e. The number of amides is 2. The molecule has 37 heavy (non-hydrogen) atoms. The van der Waals surface area contributed by atoms with Crippen LogP contribution in [0.2, 0.25) is 10.0 Å². The molecule has 7 nitrogen and oxygen atoms in total. The number of nitrogens with zero attached hydrogens (tertiary/aromatic N) is 2. The summed E-state index contributed by atoms with van der Waals surface area (Å²) in [5, 5.41) is 3.27. The number of rotatable bonds is 10. The number of hydrogen-bond acceptors (Lipinski definition) is 4. The highest BCUT2D eigenvalue weighted by atomic mass is 79.9. The Morgan fingerprint density at radius 3 is 2.16 bits per heavy atom. The number of benzene rings is 3. The van der Waals surface area contributed by atoms with Crippen LogP contribution in [0.25, 0.3) is 0 Å². The van der Waals surface area contributed by atoms with Crippen molar-refractivity contribution < 1.29 is 18.0 Å². The number of sulfonamides is 1. The summed E-state index contributed by atoms with van der Waals surface area (Å²) in [5.74, 6) is -1.00. The van der Waals surface area contributed by atoms with Crippen molar-refractivity contribution in [3.63, 3.8) is 0 Å². The van der Waals surface area contributed by atoms with E-state index in [2.05, 4.69) is 21.2 Å². The summed E-state index contributed by atoms with van der Waals surface area (Å²) in [4.78, 5) is 28.3. The van der Waals surface area contributed by atoms with Crippen LogP contribution in [0.3, 0.4) is 0 Å². The summed E-state index contributed by atoms with van der Waals surface area (Å²) in [6, 6.07) is 19.9. The summed E-state index contributed by atoms with van der Waals surface area (Å²) in [6.07, 6.45) is 1.22. The van der Waals surface area contributed by atoms with Gasteiger partial charge in [-0.1, -0.05) is 81.6 Å². The van der Waals surface area contributed by atoms with E-state index in [1.807, 2.05) is 30.3 Å². The van der Waals surface area contributed by atoms with Gasteiger partial charge in [-0.05, 0) is 35.9 Å². The zero-order chi connectivity index (χ0) is 27.2. The van der Waals surface area contributed by atoms with Gasteiger partial charge < -0.3 is 10.2 Å². The number of nitrogens with one attached hydrogen (secondary N) is 1. The Balaban J connectivity index is 2.07. The van der Waals surface area contributed by atoms with Gasteiger partial charge in [0, 0.05) is 40.1 Å². The fraction of sp³-hybridized carbons (Fsp3) is 0.231. The Kier molecular flexibility index (Phi) is 10.0. The van der Waals surface area contributed by atoms with Crippen LogP contribution in [0.4, 0.5) is 5.69 Å². The minimum atomic E-state index is -3.85. The van der Waals surface area contributed by atoms with Crippen molar-refractivity contribution in [3.8, 4) is 0 Å². The fourth-order valence-electron chi connectivity index (χ4n) is 3.82. The molecule has 0 saturated carbocycles. The van der Waals surface area contributed by atoms with Gasteiger partial charge in [0.05, 0.1) is 11.9 Å². The normalized spacial score (nSPS) is 12.0. The van der Waals surface area contributed by atoms with Gasteiger partial charge in [-0.25, -0.2) is 8.42 Å². The molecule has 0 radical (unpaired) electrons. The number of carbonyl (C=O) groups is 2. The molecule has 0 aliphatic heterocycles. The lowest BCUT2D eigenvalue weighted by Gasteiger charge is -2.33. The standard InChI is InChI=1S/C26H26BrCl2N3O4S/c1-30-26(34)24(14-18-8-4-3-5-9-18)31(16-21-22(28)12-7-13-23(21)29)25(33)17-32(37(2,35)36)20-11-6-10-19(27)15-20/h3-13,15,24H,14,16-17H2,1-2H3,(H,30,34). The Labute approximate surface area is 235 Å². The number of likely N-dealkylation sites (N-methyl/N-ethyl adjacent to an activating group) is 1. The third-order valence-corrected chi connectivity index (χ3v) is 8.03. The summed E-state index contributed by atoms with van der Waals surface area (Å²) < 4.78 is 27.1. The van der Waals surface area contributed by atoms with Gasteiger partial charge in [-0.2, -0.15) is 0 Å². The van der Waals surface area contributed by atoms with Crippen molar-refractivity contribution in [1.82, 2.24) is 10.2 Å². The van der Waals surface area contributed by atoms with E-state index in [1.54, 1.807) is 42.5 Å². The molecule has 1 atom stereocenters. The van der Waals surface area contributed by atoms with E-state index in [4.69, 9.17) is 23.2 Å². The fourth-order valence-corrected chi connectivity index (χ4v) is 5.56. The van der Waals surface area contributed by atoms with Gasteiger partial charge in [0.2, 0.25) is 21.8 Å². The second kappa shape index (κ2) is 12.8. The molecule has 3 rings (SSSR count). The SMILES string of the molecule is CNC(=O)C(Cc1ccccc1)N(Cc1c(Cl)cccc1Cl)C(=O)CN(c1cccc(Br)c1)S(C)(=O)=O. The Morgan fingerprint density at radius 1 is 0.973 bits per heavy atom. The Bertz CT molecular complexity index is 1350. The zero-order valence-electron chi connectivity index (χ0n) is 20.2. The maximum absolute atomic E-state index is 13.9. The molecule has 0 fully saturated rings. The molecule has 0 bridgehead atoms. The van der Waals surface area contributed by atoms with Crippen LogP contribution in [0, 0.1) is 0 Å². The number of anilines is 1. The number of hydrogen-bond donors (Lipinski definition) is 1. The first-order chi connectivity index (χ1) is 17.5. The van der Waals surface area contributed by atoms with Crippen molar-refractivity contribution in [2.75, 3.05) is 24.2 Å². The van der Waals surface area contributed by atoms with Gasteiger partial charge in [0.25, 0.3) is 0 Å². The van der Waals surface area contributed by atoms with Crippen LogP contribution < -0.4 is 9.62 Å². The van der Waals surface area contributed by atoms with Crippen LogP contribution in [0.1, 0.15) is 11.1 Å². The van der Waals surface area contributed by atoms with E-state index in [0.717, 1.165) is 16.1 Å². The number of halogens is 3. The van der Waals surface area contributed by atoms with Crippen molar-refractivity contribution in [2.24, 2.45) is 0 Å². The lowest BCUT2D eigenvalue weighted by atomic mass is 10.0. The van der Waals surface area contributed by atoms with Gasteiger partial charge in [-0.3, -0.25) is 13.9 Å². The molecule has 1 unspecified atom stereocenters. The molecule has 0 aromatic heterocycles. The summed E-state index contributed by atoms with van der Waals surface area (Å²) in [5.41, 5.74) is 1.58. The summed E-state index contributed by atoms with van der Waals surface area (Å²) in [6.45, 7) is -0.627. The minimum Gasteiger partial charge on any atom is -0.357 e. The van der Waals surface area contributed by atoms with E-state index >= 15 is 0 Å². The van der Waals surface area contributed by atoms with Crippen LogP contribution in [-0.4, -0.2) is 51.0 Å². The molecule has 0 saturated heterocycles. The van der Waals surface area contributed by atoms with Crippen molar-refractivity contribution in [2.45, 2.75) is 19.0 Å². The third-order valence-electron chi connectivity index (χ3n) is 5.68. The highest BCUT2D eigenvalue weighted by Gasteiger charge is 2.33. The average Bonchev–Trinajstić information content (AvgIpc) is 2.85. The highest BCUT2D eigenvalue weighted by molar-refractivity contribution is 9.10. The minimum absolute atomic E-state index is 0.0989. The van der Waals surface area contributed by atoms with E-state index in [0.29, 0.717) is 25.8 Å². The first kappa shape index (κ1) is 29.0. The van der Waals surface area contributed by atoms with Crippen molar-refractivity contribution in [3.05, 3.63) is 98.4 Å². The first-order valence-corrected chi connectivity index (χ1v) is 14.6. The van der Waals surface area contributed by atoms with Gasteiger partial charge >= 0.3 is 0 Å². The van der Waals surface area contributed by atoms with Crippen LogP contribution >= 0.6 is 39.1 Å². The maximum atomic E-state index is 13.9. The molecule has 0 heterocycles. The highest BCUT2D eigenvalue weighted by Crippen LogP contribution is 2.28. The van der Waals surface area contributed by atoms with E-state index in [-0.39, 0.29) is 13.0 Å². The lowest BCUT2D eigenvalue weighted by Crippen LogP contribution is -2.53. The van der Waals surface area contributed by atoms with Crippen molar-refractivity contribution in [1.29, 1.82) is 0 Å². The predicted molar refractivity (Wildman–Crippen MR) is 151 cm³/mol. The van der Waals surface area contributed by atoms with E-state index in [9.17, 15) is 18.0 Å². The Morgan fingerprint density at radius 2 is 1.59 bits per heavy atom. The van der Waals surface area contributed by atoms with E-state index in [1.165, 1.54) is 11.9 Å². The zero-order valence-corrected chi connectivity index (χ0v) is 24.1. The van der Waals surface area contributed by atoms with E-state index < -0.39 is 34.4 Å². The maximum Gasteiger partial charge on any atom is 0.244 e. The Hall–Kier alpha value is -2.59.